The largest absolute Gasteiger partial charge is 0.381 e. The van der Waals surface area contributed by atoms with Crippen molar-refractivity contribution < 1.29 is 14.3 Å². The lowest BCUT2D eigenvalue weighted by atomic mass is 9.84. The smallest absolute Gasteiger partial charge is 0.230 e. The summed E-state index contributed by atoms with van der Waals surface area (Å²) in [6.07, 6.45) is 8.83. The number of amides is 1. The second-order valence-electron chi connectivity index (χ2n) is 11.2. The third kappa shape index (κ3) is 5.46. The summed E-state index contributed by atoms with van der Waals surface area (Å²) in [5.74, 6) is 5.06. The Kier molecular flexibility index (Phi) is 8.12. The molecule has 0 spiro atoms. The van der Waals surface area contributed by atoms with Crippen LogP contribution in [-0.4, -0.2) is 54.6 Å². The second-order valence-corrected chi connectivity index (χ2v) is 16.8. The van der Waals surface area contributed by atoms with Gasteiger partial charge in [-0.15, -0.1) is 0 Å². The van der Waals surface area contributed by atoms with Gasteiger partial charge in [0.05, 0.1) is 10.2 Å². The topological polar surface area (TPSA) is 55.4 Å². The lowest BCUT2D eigenvalue weighted by molar-refractivity contribution is -0.125. The molecule has 0 saturated carbocycles. The number of ketones is 1. The van der Waals surface area contributed by atoms with Crippen LogP contribution in [0.2, 0.25) is 0 Å². The molecular formula is C30H43NO3S. The summed E-state index contributed by atoms with van der Waals surface area (Å²) in [4.78, 5) is 26.8. The average Bonchev–Trinajstić information content (AvgIpc) is 2.84. The highest BCUT2D eigenvalue weighted by molar-refractivity contribution is 8.47. The molecular weight excluding hydrogens is 454 g/mol. The second kappa shape index (κ2) is 10.4. The van der Waals surface area contributed by atoms with Crippen molar-refractivity contribution in [2.24, 2.45) is 0 Å². The van der Waals surface area contributed by atoms with Crippen LogP contribution in [0.25, 0.3) is 0 Å². The van der Waals surface area contributed by atoms with Crippen LogP contribution in [-0.2, 0) is 26.2 Å². The summed E-state index contributed by atoms with van der Waals surface area (Å²) in [5, 5.41) is 3.11. The number of Topliss-reactive ketones (excluding diaryl/α,β-unsaturated/α-hetero) is 1. The molecule has 3 rings (SSSR count). The minimum absolute atomic E-state index is 0.0624. The van der Waals surface area contributed by atoms with Gasteiger partial charge in [0.2, 0.25) is 5.91 Å². The molecule has 0 unspecified atom stereocenters. The molecule has 1 saturated heterocycles. The van der Waals surface area contributed by atoms with E-state index in [0.717, 1.165) is 37.7 Å². The highest BCUT2D eigenvalue weighted by Gasteiger charge is 2.50. The number of carbonyl (C=O) groups is 2. The van der Waals surface area contributed by atoms with E-state index in [4.69, 9.17) is 10.6 Å². The van der Waals surface area contributed by atoms with Crippen LogP contribution in [0.5, 0.6) is 0 Å². The predicted molar refractivity (Wildman–Crippen MR) is 150 cm³/mol. The molecule has 2 aromatic carbocycles. The highest BCUT2D eigenvalue weighted by atomic mass is 32.3. The van der Waals surface area contributed by atoms with Gasteiger partial charge in [-0.2, -0.15) is 0 Å². The first-order valence-electron chi connectivity index (χ1n) is 12.6. The molecule has 1 heterocycles. The van der Waals surface area contributed by atoms with E-state index in [-0.39, 0.29) is 11.7 Å². The lowest BCUT2D eigenvalue weighted by Gasteiger charge is -2.58. The Balaban J connectivity index is 1.56. The summed E-state index contributed by atoms with van der Waals surface area (Å²) in [7, 11) is -2.44. The Labute approximate surface area is 211 Å². The van der Waals surface area contributed by atoms with Crippen molar-refractivity contribution in [3.63, 3.8) is 0 Å². The fourth-order valence-corrected chi connectivity index (χ4v) is 9.21. The summed E-state index contributed by atoms with van der Waals surface area (Å²) in [6, 6.07) is 18.7. The van der Waals surface area contributed by atoms with Crippen LogP contribution in [0, 0.1) is 0 Å². The number of nitrogens with one attached hydrogen (secondary N) is 1. The van der Waals surface area contributed by atoms with Crippen LogP contribution in [0.3, 0.4) is 0 Å². The SMILES string of the molecule is C=S(C)(C)(c1ccc(CCCCNC(=O)C(C)(C)c2ccccc2)cc1)C1(C(C)=O)CCOCC1. The molecule has 192 valence electrons. The van der Waals surface area contributed by atoms with Crippen molar-refractivity contribution >= 4 is 26.3 Å². The van der Waals surface area contributed by atoms with Gasteiger partial charge >= 0.3 is 0 Å². The van der Waals surface area contributed by atoms with Gasteiger partial charge < -0.3 is 10.1 Å². The van der Waals surface area contributed by atoms with Crippen LogP contribution < -0.4 is 5.32 Å². The van der Waals surface area contributed by atoms with Gasteiger partial charge in [0.15, 0.2) is 0 Å². The van der Waals surface area contributed by atoms with Crippen molar-refractivity contribution in [1.29, 1.82) is 0 Å². The van der Waals surface area contributed by atoms with Crippen LogP contribution in [0.4, 0.5) is 0 Å². The van der Waals surface area contributed by atoms with Gasteiger partial charge in [-0.05, 0) is 81.4 Å². The molecule has 4 nitrogen and oxygen atoms in total. The normalized spacial score (nSPS) is 17.2. The van der Waals surface area contributed by atoms with Gasteiger partial charge in [0, 0.05) is 19.8 Å². The Bertz CT molecular complexity index is 1090. The first-order chi connectivity index (χ1) is 16.4. The Morgan fingerprint density at radius 3 is 2.17 bits per heavy atom. The number of carbonyl (C=O) groups excluding carboxylic acids is 2. The summed E-state index contributed by atoms with van der Waals surface area (Å²) in [5.41, 5.74) is 1.76. The van der Waals surface area contributed by atoms with E-state index in [1.165, 1.54) is 10.5 Å². The van der Waals surface area contributed by atoms with E-state index < -0.39 is 18.9 Å². The van der Waals surface area contributed by atoms with Gasteiger partial charge in [0.1, 0.15) is 5.78 Å². The zero-order chi connectivity index (χ0) is 25.8. The maximum atomic E-state index is 12.9. The first kappa shape index (κ1) is 27.3. The van der Waals surface area contributed by atoms with E-state index in [9.17, 15) is 9.59 Å². The summed E-state index contributed by atoms with van der Waals surface area (Å²) in [6.45, 7) is 7.59. The molecule has 5 heteroatoms. The van der Waals surface area contributed by atoms with Gasteiger partial charge in [-0.1, -0.05) is 60.5 Å². The number of unbranched alkanes of at least 4 members (excludes halogenated alkanes) is 1. The Morgan fingerprint density at radius 2 is 1.60 bits per heavy atom. The van der Waals surface area contributed by atoms with E-state index in [0.29, 0.717) is 19.8 Å². The van der Waals surface area contributed by atoms with E-state index >= 15 is 0 Å². The number of hydrogen-bond donors (Lipinski definition) is 1. The van der Waals surface area contributed by atoms with Crippen molar-refractivity contribution in [2.45, 2.75) is 67.9 Å². The molecule has 1 fully saturated rings. The predicted octanol–water partition coefficient (Wildman–Crippen LogP) is 5.63. The molecule has 0 radical (unpaired) electrons. The minimum Gasteiger partial charge on any atom is -0.381 e. The van der Waals surface area contributed by atoms with Crippen molar-refractivity contribution in [1.82, 2.24) is 5.32 Å². The Hall–Kier alpha value is -2.24. The summed E-state index contributed by atoms with van der Waals surface area (Å²) >= 11 is 0. The third-order valence-corrected chi connectivity index (χ3v) is 13.1. The van der Waals surface area contributed by atoms with Crippen molar-refractivity contribution in [2.75, 3.05) is 32.3 Å². The number of ether oxygens (including phenoxy) is 1. The number of aryl methyl sites for hydroxylation is 1. The average molecular weight is 498 g/mol. The molecule has 35 heavy (non-hydrogen) atoms. The number of benzene rings is 2. The monoisotopic (exact) mass is 497 g/mol. The molecule has 1 aliphatic rings. The quantitative estimate of drug-likeness (QED) is 0.342. The first-order valence-corrected chi connectivity index (χ1v) is 15.7. The van der Waals surface area contributed by atoms with E-state index in [1.807, 2.05) is 44.2 Å². The molecule has 0 bridgehead atoms. The van der Waals surface area contributed by atoms with Crippen LogP contribution >= 0.6 is 8.75 Å². The van der Waals surface area contributed by atoms with Gasteiger partial charge in [-0.25, -0.2) is 8.75 Å². The standard InChI is InChI=1S/C30H43NO3S/c1-24(32)30(19-22-34-23-20-30)35(4,5,6)27-17-15-25(16-18-27)12-10-11-21-31-28(33)29(2,3)26-13-8-7-9-14-26/h7-9,13-18H,4,10-12,19-23H2,1-3,5-6H3,(H,31,33). The zero-order valence-corrected chi connectivity index (χ0v) is 23.0. The van der Waals surface area contributed by atoms with E-state index in [2.05, 4.69) is 42.1 Å². The van der Waals surface area contributed by atoms with Crippen LogP contribution in [0.1, 0.15) is 57.6 Å². The van der Waals surface area contributed by atoms with Gasteiger partial charge in [0.25, 0.3) is 0 Å². The molecule has 1 aliphatic heterocycles. The molecule has 1 amide bonds. The number of hydrogen-bond acceptors (Lipinski definition) is 3. The van der Waals surface area contributed by atoms with Crippen molar-refractivity contribution in [3.05, 3.63) is 65.7 Å². The zero-order valence-electron chi connectivity index (χ0n) is 22.2. The molecule has 0 atom stereocenters. The van der Waals surface area contributed by atoms with Crippen LogP contribution in [0.15, 0.2) is 59.5 Å². The van der Waals surface area contributed by atoms with Gasteiger partial charge in [-0.3, -0.25) is 9.59 Å². The fraction of sp³-hybridized carbons (Fsp3) is 0.500. The maximum absolute atomic E-state index is 12.9. The maximum Gasteiger partial charge on any atom is 0.230 e. The highest BCUT2D eigenvalue weighted by Crippen LogP contribution is 2.70. The molecule has 0 aromatic heterocycles. The molecule has 0 aliphatic carbocycles. The number of rotatable bonds is 10. The minimum atomic E-state index is -2.44. The van der Waals surface area contributed by atoms with Crippen molar-refractivity contribution in [3.8, 4) is 0 Å². The summed E-state index contributed by atoms with van der Waals surface area (Å²) < 4.78 is 5.17. The molecule has 2 aromatic rings. The lowest BCUT2D eigenvalue weighted by Crippen LogP contribution is -2.49. The molecule has 1 N–H and O–H groups in total. The fourth-order valence-electron chi connectivity index (χ4n) is 5.35. The van der Waals surface area contributed by atoms with E-state index in [1.54, 1.807) is 6.92 Å². The Morgan fingerprint density at radius 1 is 1.00 bits per heavy atom. The third-order valence-electron chi connectivity index (χ3n) is 8.12.